The second-order valence-electron chi connectivity index (χ2n) is 6.19. The summed E-state index contributed by atoms with van der Waals surface area (Å²) in [5.74, 6) is -0.404. The number of aromatic nitrogens is 1. The Kier molecular flexibility index (Phi) is 5.62. The highest BCUT2D eigenvalue weighted by molar-refractivity contribution is 7.86. The zero-order valence-electron chi connectivity index (χ0n) is 15.2. The van der Waals surface area contributed by atoms with Crippen LogP contribution in [0.4, 0.5) is 0 Å². The molecule has 0 aliphatic carbocycles. The summed E-state index contributed by atoms with van der Waals surface area (Å²) in [4.78, 5) is 12.1. The van der Waals surface area contributed by atoms with Crippen LogP contribution in [0.15, 0.2) is 59.6 Å². The van der Waals surface area contributed by atoms with Gasteiger partial charge in [0.05, 0.1) is 29.7 Å². The third kappa shape index (κ3) is 4.20. The van der Waals surface area contributed by atoms with Crippen LogP contribution in [0.25, 0.3) is 10.9 Å². The SMILES string of the molecule is COC(=O)c1cccc2ccn(CCCOS(=O)(=O)c3ccc(C)cc3)c12. The molecule has 0 saturated heterocycles. The van der Waals surface area contributed by atoms with E-state index in [0.717, 1.165) is 16.5 Å². The molecule has 6 nitrogen and oxygen atoms in total. The molecule has 0 aliphatic rings. The Morgan fingerprint density at radius 2 is 1.81 bits per heavy atom. The van der Waals surface area contributed by atoms with Crippen molar-refractivity contribution < 1.29 is 22.1 Å². The highest BCUT2D eigenvalue weighted by atomic mass is 32.2. The third-order valence-corrected chi connectivity index (χ3v) is 5.61. The normalized spacial score (nSPS) is 11.6. The minimum atomic E-state index is -3.77. The van der Waals surface area contributed by atoms with Crippen molar-refractivity contribution in [1.29, 1.82) is 0 Å². The highest BCUT2D eigenvalue weighted by Gasteiger charge is 2.16. The number of nitrogens with zero attached hydrogens (tertiary/aromatic N) is 1. The molecule has 0 bridgehead atoms. The summed E-state index contributed by atoms with van der Waals surface area (Å²) in [6.45, 7) is 2.46. The fourth-order valence-electron chi connectivity index (χ4n) is 2.90. The second-order valence-corrected chi connectivity index (χ2v) is 7.80. The van der Waals surface area contributed by atoms with E-state index in [1.807, 2.05) is 29.8 Å². The first-order valence-corrected chi connectivity index (χ1v) is 9.95. The number of benzene rings is 2. The fraction of sp³-hybridized carbons (Fsp3) is 0.250. The van der Waals surface area contributed by atoms with E-state index >= 15 is 0 Å². The largest absolute Gasteiger partial charge is 0.465 e. The average molecular weight is 387 g/mol. The summed E-state index contributed by atoms with van der Waals surface area (Å²) in [6, 6.07) is 13.9. The summed E-state index contributed by atoms with van der Waals surface area (Å²) < 4.78 is 36.3. The van der Waals surface area contributed by atoms with Gasteiger partial charge in [-0.1, -0.05) is 29.8 Å². The van der Waals surface area contributed by atoms with Crippen molar-refractivity contribution in [3.8, 4) is 0 Å². The standard InChI is InChI=1S/C20H21NO5S/c1-15-7-9-17(10-8-15)27(23,24)26-14-4-12-21-13-11-16-5-3-6-18(19(16)21)20(22)25-2/h3,5-11,13H,4,12,14H2,1-2H3. The predicted octanol–water partition coefficient (Wildman–Crippen LogP) is 3.53. The van der Waals surface area contributed by atoms with Gasteiger partial charge in [0.2, 0.25) is 0 Å². The minimum absolute atomic E-state index is 0.0519. The Labute approximate surface area is 158 Å². The number of carbonyl (C=O) groups excluding carboxylic acids is 1. The van der Waals surface area contributed by atoms with E-state index in [1.165, 1.54) is 19.2 Å². The Bertz CT molecular complexity index is 1050. The van der Waals surface area contributed by atoms with Gasteiger partial charge in [-0.3, -0.25) is 4.18 Å². The van der Waals surface area contributed by atoms with Gasteiger partial charge in [-0.05, 0) is 37.6 Å². The van der Waals surface area contributed by atoms with Gasteiger partial charge >= 0.3 is 5.97 Å². The van der Waals surface area contributed by atoms with Crippen molar-refractivity contribution in [3.63, 3.8) is 0 Å². The van der Waals surface area contributed by atoms with Crippen LogP contribution in [-0.4, -0.2) is 32.7 Å². The lowest BCUT2D eigenvalue weighted by Crippen LogP contribution is -2.10. The maximum Gasteiger partial charge on any atom is 0.340 e. The maximum atomic E-state index is 12.2. The molecule has 3 aromatic rings. The molecule has 3 rings (SSSR count). The van der Waals surface area contributed by atoms with E-state index in [0.29, 0.717) is 18.5 Å². The first-order valence-electron chi connectivity index (χ1n) is 8.54. The number of rotatable bonds is 7. The summed E-state index contributed by atoms with van der Waals surface area (Å²) in [7, 11) is -2.42. The van der Waals surface area contributed by atoms with E-state index in [4.69, 9.17) is 8.92 Å². The molecule has 0 fully saturated rings. The zero-order valence-corrected chi connectivity index (χ0v) is 16.0. The molecule has 0 amide bonds. The average Bonchev–Trinajstić information content (AvgIpc) is 3.08. The molecule has 0 N–H and O–H groups in total. The van der Waals surface area contributed by atoms with Crippen molar-refractivity contribution in [2.45, 2.75) is 24.8 Å². The number of para-hydroxylation sites is 1. The van der Waals surface area contributed by atoms with Crippen LogP contribution in [-0.2, 0) is 25.6 Å². The van der Waals surface area contributed by atoms with E-state index in [-0.39, 0.29) is 11.5 Å². The number of aryl methyl sites for hydroxylation is 2. The molecule has 0 unspecified atom stereocenters. The van der Waals surface area contributed by atoms with Gasteiger partial charge in [0.15, 0.2) is 0 Å². The van der Waals surface area contributed by atoms with Crippen molar-refractivity contribution >= 4 is 27.0 Å². The van der Waals surface area contributed by atoms with Crippen LogP contribution in [0, 0.1) is 6.92 Å². The van der Waals surface area contributed by atoms with Gasteiger partial charge in [0.1, 0.15) is 0 Å². The lowest BCUT2D eigenvalue weighted by atomic mass is 10.1. The molecule has 0 atom stereocenters. The van der Waals surface area contributed by atoms with Gasteiger partial charge in [0, 0.05) is 18.1 Å². The van der Waals surface area contributed by atoms with E-state index < -0.39 is 16.1 Å². The summed E-state index contributed by atoms with van der Waals surface area (Å²) in [6.07, 6.45) is 2.34. The minimum Gasteiger partial charge on any atom is -0.465 e. The smallest absolute Gasteiger partial charge is 0.340 e. The molecule has 0 saturated carbocycles. The number of hydrogen-bond acceptors (Lipinski definition) is 5. The van der Waals surface area contributed by atoms with E-state index in [2.05, 4.69) is 0 Å². The molecule has 0 aliphatic heterocycles. The zero-order chi connectivity index (χ0) is 19.4. The molecule has 142 valence electrons. The molecular weight excluding hydrogens is 366 g/mol. The molecule has 0 spiro atoms. The third-order valence-electron chi connectivity index (χ3n) is 4.29. The number of carbonyl (C=O) groups is 1. The monoisotopic (exact) mass is 387 g/mol. The lowest BCUT2D eigenvalue weighted by Gasteiger charge is -2.10. The Morgan fingerprint density at radius 3 is 2.52 bits per heavy atom. The molecule has 1 heterocycles. The second kappa shape index (κ2) is 7.94. The van der Waals surface area contributed by atoms with Crippen LogP contribution < -0.4 is 0 Å². The number of ether oxygens (including phenoxy) is 1. The van der Waals surface area contributed by atoms with Crippen LogP contribution >= 0.6 is 0 Å². The van der Waals surface area contributed by atoms with E-state index in [1.54, 1.807) is 24.3 Å². The van der Waals surface area contributed by atoms with Crippen molar-refractivity contribution in [2.24, 2.45) is 0 Å². The number of fused-ring (bicyclic) bond motifs is 1. The lowest BCUT2D eigenvalue weighted by molar-refractivity contribution is 0.0602. The molecule has 0 radical (unpaired) electrons. The molecular formula is C20H21NO5S. The van der Waals surface area contributed by atoms with Gasteiger partial charge in [0.25, 0.3) is 10.1 Å². The van der Waals surface area contributed by atoms with Crippen molar-refractivity contribution in [2.75, 3.05) is 13.7 Å². The van der Waals surface area contributed by atoms with Gasteiger partial charge < -0.3 is 9.30 Å². The maximum absolute atomic E-state index is 12.2. The van der Waals surface area contributed by atoms with Crippen LogP contribution in [0.3, 0.4) is 0 Å². The predicted molar refractivity (Wildman–Crippen MR) is 102 cm³/mol. The Morgan fingerprint density at radius 1 is 1.07 bits per heavy atom. The van der Waals surface area contributed by atoms with Crippen molar-refractivity contribution in [3.05, 3.63) is 65.9 Å². The number of hydrogen-bond donors (Lipinski definition) is 0. The quantitative estimate of drug-likeness (QED) is 0.352. The summed E-state index contributed by atoms with van der Waals surface area (Å²) in [5, 5.41) is 0.922. The summed E-state index contributed by atoms with van der Waals surface area (Å²) in [5.41, 5.74) is 2.23. The molecule has 27 heavy (non-hydrogen) atoms. The highest BCUT2D eigenvalue weighted by Crippen LogP contribution is 2.22. The molecule has 1 aromatic heterocycles. The van der Waals surface area contributed by atoms with Crippen LogP contribution in [0.2, 0.25) is 0 Å². The van der Waals surface area contributed by atoms with E-state index in [9.17, 15) is 13.2 Å². The van der Waals surface area contributed by atoms with Gasteiger partial charge in [-0.25, -0.2) is 4.79 Å². The number of methoxy groups -OCH3 is 1. The first kappa shape index (κ1) is 19.1. The first-order chi connectivity index (χ1) is 12.9. The summed E-state index contributed by atoms with van der Waals surface area (Å²) >= 11 is 0. The fourth-order valence-corrected chi connectivity index (χ4v) is 3.84. The molecule has 7 heteroatoms. The number of esters is 1. The van der Waals surface area contributed by atoms with Crippen LogP contribution in [0.5, 0.6) is 0 Å². The van der Waals surface area contributed by atoms with Crippen molar-refractivity contribution in [1.82, 2.24) is 4.57 Å². The molecule has 2 aromatic carbocycles. The van der Waals surface area contributed by atoms with Gasteiger partial charge in [-0.2, -0.15) is 8.42 Å². The Balaban J connectivity index is 1.67. The topological polar surface area (TPSA) is 74.6 Å². The Hall–Kier alpha value is -2.64. The van der Waals surface area contributed by atoms with Gasteiger partial charge in [-0.15, -0.1) is 0 Å². The van der Waals surface area contributed by atoms with Crippen LogP contribution in [0.1, 0.15) is 22.3 Å².